The molecular formula is C17H26O5. The zero-order chi connectivity index (χ0) is 16.4. The van der Waals surface area contributed by atoms with Crippen LogP contribution in [0.25, 0.3) is 0 Å². The molecule has 1 aromatic rings. The highest BCUT2D eigenvalue weighted by atomic mass is 16.5. The van der Waals surface area contributed by atoms with Gasteiger partial charge in [0.2, 0.25) is 0 Å². The summed E-state index contributed by atoms with van der Waals surface area (Å²) in [5, 5.41) is 27.7. The highest BCUT2D eigenvalue weighted by molar-refractivity contribution is 5.67. The molecule has 0 aromatic heterocycles. The third-order valence-electron chi connectivity index (χ3n) is 3.53. The van der Waals surface area contributed by atoms with Crippen LogP contribution in [0.3, 0.4) is 0 Å². The maximum Gasteiger partial charge on any atom is 0.307 e. The van der Waals surface area contributed by atoms with E-state index in [1.54, 1.807) is 0 Å². The van der Waals surface area contributed by atoms with E-state index in [1.165, 1.54) is 37.5 Å². The van der Waals surface area contributed by atoms with Crippen molar-refractivity contribution in [1.82, 2.24) is 0 Å². The lowest BCUT2D eigenvalue weighted by Crippen LogP contribution is -2.20. The van der Waals surface area contributed by atoms with E-state index in [-0.39, 0.29) is 17.9 Å². The van der Waals surface area contributed by atoms with Crippen LogP contribution in [-0.4, -0.2) is 27.4 Å². The quantitative estimate of drug-likeness (QED) is 0.423. The first kappa shape index (κ1) is 18.1. The van der Waals surface area contributed by atoms with E-state index >= 15 is 0 Å². The van der Waals surface area contributed by atoms with E-state index < -0.39 is 12.1 Å². The van der Waals surface area contributed by atoms with E-state index in [9.17, 15) is 15.0 Å². The number of unbranched alkanes of at least 4 members (excludes halogenated alkanes) is 5. The predicted octanol–water partition coefficient (Wildman–Crippen LogP) is 4.07. The number of benzene rings is 1. The van der Waals surface area contributed by atoms with Crippen molar-refractivity contribution >= 4 is 5.97 Å². The van der Waals surface area contributed by atoms with Gasteiger partial charge in [0.05, 0.1) is 6.42 Å². The Bertz CT molecular complexity index is 458. The Labute approximate surface area is 131 Å². The van der Waals surface area contributed by atoms with Gasteiger partial charge in [0.25, 0.3) is 0 Å². The van der Waals surface area contributed by atoms with Gasteiger partial charge in [-0.25, -0.2) is 0 Å². The van der Waals surface area contributed by atoms with Crippen molar-refractivity contribution in [1.29, 1.82) is 0 Å². The Hall–Kier alpha value is -1.91. The molecule has 0 bridgehead atoms. The molecule has 0 aliphatic carbocycles. The molecule has 0 aliphatic heterocycles. The molecule has 0 heterocycles. The van der Waals surface area contributed by atoms with Crippen LogP contribution < -0.4 is 4.74 Å². The molecule has 0 amide bonds. The monoisotopic (exact) mass is 310 g/mol. The smallest absolute Gasteiger partial charge is 0.307 e. The van der Waals surface area contributed by atoms with Crippen molar-refractivity contribution in [2.75, 3.05) is 0 Å². The lowest BCUT2D eigenvalue weighted by molar-refractivity contribution is -0.138. The van der Waals surface area contributed by atoms with Crippen LogP contribution in [0.15, 0.2) is 18.2 Å². The Morgan fingerprint density at radius 3 is 2.41 bits per heavy atom. The van der Waals surface area contributed by atoms with E-state index in [0.717, 1.165) is 19.3 Å². The SMILES string of the molecule is CCCCCCCCC(CC(=O)O)Oc1ccc(O)c(O)c1. The molecular weight excluding hydrogens is 284 g/mol. The maximum atomic E-state index is 10.9. The number of carboxylic acids is 1. The Balaban J connectivity index is 2.46. The summed E-state index contributed by atoms with van der Waals surface area (Å²) in [6, 6.07) is 4.14. The summed E-state index contributed by atoms with van der Waals surface area (Å²) in [6.07, 6.45) is 6.98. The van der Waals surface area contributed by atoms with E-state index in [4.69, 9.17) is 9.84 Å². The van der Waals surface area contributed by atoms with Gasteiger partial charge in [-0.2, -0.15) is 0 Å². The molecule has 1 unspecified atom stereocenters. The van der Waals surface area contributed by atoms with Crippen LogP contribution >= 0.6 is 0 Å². The average Bonchev–Trinajstić information content (AvgIpc) is 2.46. The predicted molar refractivity (Wildman–Crippen MR) is 84.4 cm³/mol. The first-order valence-corrected chi connectivity index (χ1v) is 7.93. The lowest BCUT2D eigenvalue weighted by Gasteiger charge is -2.18. The number of carbonyl (C=O) groups is 1. The Morgan fingerprint density at radius 2 is 1.77 bits per heavy atom. The van der Waals surface area contributed by atoms with Gasteiger partial charge in [-0.15, -0.1) is 0 Å². The van der Waals surface area contributed by atoms with Gasteiger partial charge >= 0.3 is 5.97 Å². The number of phenols is 2. The average molecular weight is 310 g/mol. The topological polar surface area (TPSA) is 87.0 Å². The van der Waals surface area contributed by atoms with Gasteiger partial charge in [0.1, 0.15) is 11.9 Å². The Morgan fingerprint density at radius 1 is 1.09 bits per heavy atom. The molecule has 1 aromatic carbocycles. The minimum atomic E-state index is -0.904. The van der Waals surface area contributed by atoms with Crippen molar-refractivity contribution < 1.29 is 24.9 Å². The van der Waals surface area contributed by atoms with Crippen molar-refractivity contribution in [2.24, 2.45) is 0 Å². The fourth-order valence-electron chi connectivity index (χ4n) is 2.32. The molecule has 1 rings (SSSR count). The third kappa shape index (κ3) is 7.20. The number of aromatic hydroxyl groups is 2. The molecule has 0 saturated carbocycles. The van der Waals surface area contributed by atoms with Gasteiger partial charge in [0.15, 0.2) is 11.5 Å². The lowest BCUT2D eigenvalue weighted by atomic mass is 10.1. The number of ether oxygens (including phenoxy) is 1. The zero-order valence-corrected chi connectivity index (χ0v) is 13.1. The second kappa shape index (κ2) is 9.92. The van der Waals surface area contributed by atoms with Crippen LogP contribution in [0.5, 0.6) is 17.2 Å². The number of phenolic OH excluding ortho intramolecular Hbond substituents is 2. The van der Waals surface area contributed by atoms with E-state index in [2.05, 4.69) is 6.92 Å². The van der Waals surface area contributed by atoms with Crippen LogP contribution in [0.1, 0.15) is 58.3 Å². The van der Waals surface area contributed by atoms with E-state index in [1.807, 2.05) is 0 Å². The molecule has 5 nitrogen and oxygen atoms in total. The zero-order valence-electron chi connectivity index (χ0n) is 13.1. The second-order valence-corrected chi connectivity index (χ2v) is 5.54. The molecule has 22 heavy (non-hydrogen) atoms. The molecule has 0 radical (unpaired) electrons. The molecule has 3 N–H and O–H groups in total. The summed E-state index contributed by atoms with van der Waals surface area (Å²) in [5.74, 6) is -1.03. The van der Waals surface area contributed by atoms with Crippen LogP contribution in [0.2, 0.25) is 0 Å². The summed E-state index contributed by atoms with van der Waals surface area (Å²) >= 11 is 0. The largest absolute Gasteiger partial charge is 0.504 e. The van der Waals surface area contributed by atoms with Gasteiger partial charge in [-0.3, -0.25) is 4.79 Å². The minimum Gasteiger partial charge on any atom is -0.504 e. The van der Waals surface area contributed by atoms with Gasteiger partial charge < -0.3 is 20.1 Å². The molecule has 0 fully saturated rings. The minimum absolute atomic E-state index is 0.0728. The summed E-state index contributed by atoms with van der Waals surface area (Å²) in [5.41, 5.74) is 0. The van der Waals surface area contributed by atoms with Crippen molar-refractivity contribution in [3.05, 3.63) is 18.2 Å². The van der Waals surface area contributed by atoms with Crippen molar-refractivity contribution in [2.45, 2.75) is 64.4 Å². The number of aliphatic carboxylic acids is 1. The van der Waals surface area contributed by atoms with Crippen LogP contribution in [0, 0.1) is 0 Å². The first-order chi connectivity index (χ1) is 10.5. The second-order valence-electron chi connectivity index (χ2n) is 5.54. The van der Waals surface area contributed by atoms with Crippen LogP contribution in [0.4, 0.5) is 0 Å². The summed E-state index contributed by atoms with van der Waals surface area (Å²) in [6.45, 7) is 2.17. The van der Waals surface area contributed by atoms with Gasteiger partial charge in [-0.05, 0) is 25.0 Å². The third-order valence-corrected chi connectivity index (χ3v) is 3.53. The molecule has 0 spiro atoms. The standard InChI is InChI=1S/C17H26O5/c1-2-3-4-5-6-7-8-13(12-17(20)21)22-14-9-10-15(18)16(19)11-14/h9-11,13,18-19H,2-8,12H2,1H3,(H,20,21). The molecule has 124 valence electrons. The molecule has 1 atom stereocenters. The van der Waals surface area contributed by atoms with Crippen molar-refractivity contribution in [3.8, 4) is 17.2 Å². The molecule has 5 heteroatoms. The molecule has 0 aliphatic rings. The normalized spacial score (nSPS) is 12.0. The highest BCUT2D eigenvalue weighted by Crippen LogP contribution is 2.30. The highest BCUT2D eigenvalue weighted by Gasteiger charge is 2.15. The fourth-order valence-corrected chi connectivity index (χ4v) is 2.32. The van der Waals surface area contributed by atoms with Gasteiger partial charge in [-0.1, -0.05) is 39.0 Å². The Kier molecular flexibility index (Phi) is 8.18. The fraction of sp³-hybridized carbons (Fsp3) is 0.588. The first-order valence-electron chi connectivity index (χ1n) is 7.93. The number of hydrogen-bond acceptors (Lipinski definition) is 4. The number of carboxylic acid groups (broad SMARTS) is 1. The number of rotatable bonds is 11. The summed E-state index contributed by atoms with van der Waals surface area (Å²) in [4.78, 5) is 10.9. The summed E-state index contributed by atoms with van der Waals surface area (Å²) < 4.78 is 5.64. The maximum absolute atomic E-state index is 10.9. The molecule has 0 saturated heterocycles. The summed E-state index contributed by atoms with van der Waals surface area (Å²) in [7, 11) is 0. The number of hydrogen-bond donors (Lipinski definition) is 3. The van der Waals surface area contributed by atoms with Crippen molar-refractivity contribution in [3.63, 3.8) is 0 Å². The van der Waals surface area contributed by atoms with Crippen LogP contribution in [-0.2, 0) is 4.79 Å². The van der Waals surface area contributed by atoms with Gasteiger partial charge in [0, 0.05) is 6.07 Å². The van der Waals surface area contributed by atoms with E-state index in [0.29, 0.717) is 12.2 Å².